The number of hydrogen-bond acceptors (Lipinski definition) is 6. The average molecular weight is 345 g/mol. The Morgan fingerprint density at radius 2 is 2.17 bits per heavy atom. The third-order valence-corrected chi connectivity index (χ3v) is 5.86. The van der Waals surface area contributed by atoms with Crippen LogP contribution in [0.1, 0.15) is 24.3 Å². The number of piperidine rings is 1. The summed E-state index contributed by atoms with van der Waals surface area (Å²) in [7, 11) is 0. The molecule has 128 valence electrons. The Kier molecular flexibility index (Phi) is 4.78. The minimum Gasteiger partial charge on any atom is -0.475 e. The van der Waals surface area contributed by atoms with Crippen LogP contribution in [0.3, 0.4) is 0 Å². The lowest BCUT2D eigenvalue weighted by Gasteiger charge is -2.38. The zero-order chi connectivity index (χ0) is 16.2. The number of hydrogen-bond donors (Lipinski definition) is 0. The van der Waals surface area contributed by atoms with Crippen molar-refractivity contribution in [3.63, 3.8) is 0 Å². The van der Waals surface area contributed by atoms with Crippen molar-refractivity contribution >= 4 is 11.3 Å². The fourth-order valence-electron chi connectivity index (χ4n) is 3.67. The van der Waals surface area contributed by atoms with Gasteiger partial charge in [-0.05, 0) is 43.8 Å². The van der Waals surface area contributed by atoms with E-state index in [0.29, 0.717) is 17.9 Å². The summed E-state index contributed by atoms with van der Waals surface area (Å²) in [4.78, 5) is 11.1. The van der Waals surface area contributed by atoms with E-state index in [1.165, 1.54) is 17.8 Å². The average Bonchev–Trinajstić information content (AvgIpc) is 3.27. The monoisotopic (exact) mass is 345 g/mol. The first-order valence-electron chi connectivity index (χ1n) is 8.58. The number of thiazole rings is 1. The minimum atomic E-state index is 0.192. The molecule has 2 fully saturated rings. The highest BCUT2D eigenvalue weighted by Gasteiger charge is 2.42. The zero-order valence-electron chi connectivity index (χ0n) is 13.8. The second-order valence-corrected chi connectivity index (χ2v) is 7.80. The van der Waals surface area contributed by atoms with E-state index in [0.717, 1.165) is 32.7 Å². The number of nitrogens with zero attached hydrogens (tertiary/aromatic N) is 3. The maximum atomic E-state index is 6.03. The number of pyridine rings is 1. The molecule has 1 spiro atoms. The molecule has 4 rings (SSSR count). The molecule has 2 aliphatic heterocycles. The first-order valence-corrected chi connectivity index (χ1v) is 9.46. The molecule has 0 radical (unpaired) electrons. The lowest BCUT2D eigenvalue weighted by Crippen LogP contribution is -2.40. The third kappa shape index (κ3) is 3.77. The first kappa shape index (κ1) is 16.0. The Labute approximate surface area is 146 Å². The number of rotatable bonds is 5. The maximum Gasteiger partial charge on any atom is 0.213 e. The van der Waals surface area contributed by atoms with Crippen molar-refractivity contribution in [1.82, 2.24) is 14.9 Å². The van der Waals surface area contributed by atoms with E-state index >= 15 is 0 Å². The molecule has 0 aliphatic carbocycles. The Bertz CT molecular complexity index is 627. The second-order valence-electron chi connectivity index (χ2n) is 6.82. The molecule has 0 N–H and O–H groups in total. The van der Waals surface area contributed by atoms with Gasteiger partial charge in [0.2, 0.25) is 5.88 Å². The molecule has 0 bridgehead atoms. The van der Waals surface area contributed by atoms with Gasteiger partial charge in [0.25, 0.3) is 0 Å². The van der Waals surface area contributed by atoms with Crippen LogP contribution in [0.25, 0.3) is 0 Å². The standard InChI is InChI=1S/C18H23N3O2S/c1-2-6-19-16(3-1)22-13-15-11-18(14-23-15)4-8-21(9-5-18)12-17-20-7-10-24-17/h1-3,6-7,10,15H,4-5,8-9,11-14H2. The van der Waals surface area contributed by atoms with E-state index in [9.17, 15) is 0 Å². The summed E-state index contributed by atoms with van der Waals surface area (Å²) >= 11 is 1.75. The van der Waals surface area contributed by atoms with Gasteiger partial charge in [-0.3, -0.25) is 4.90 Å². The first-order chi connectivity index (χ1) is 11.8. The van der Waals surface area contributed by atoms with E-state index in [-0.39, 0.29) is 6.10 Å². The normalized spacial score (nSPS) is 23.6. The van der Waals surface area contributed by atoms with Crippen molar-refractivity contribution < 1.29 is 9.47 Å². The van der Waals surface area contributed by atoms with Crippen LogP contribution in [0.15, 0.2) is 36.0 Å². The molecule has 2 aromatic rings. The van der Waals surface area contributed by atoms with Gasteiger partial charge in [0.05, 0.1) is 19.3 Å². The highest BCUT2D eigenvalue weighted by Crippen LogP contribution is 2.42. The third-order valence-electron chi connectivity index (χ3n) is 5.10. The van der Waals surface area contributed by atoms with Gasteiger partial charge in [0.1, 0.15) is 11.6 Å². The Balaban J connectivity index is 1.24. The second kappa shape index (κ2) is 7.17. The van der Waals surface area contributed by atoms with Crippen molar-refractivity contribution in [2.75, 3.05) is 26.3 Å². The van der Waals surface area contributed by atoms with Crippen LogP contribution < -0.4 is 4.74 Å². The summed E-state index contributed by atoms with van der Waals surface area (Å²) in [5, 5.41) is 3.27. The molecule has 4 heterocycles. The van der Waals surface area contributed by atoms with Crippen LogP contribution in [0.5, 0.6) is 5.88 Å². The molecule has 0 saturated carbocycles. The van der Waals surface area contributed by atoms with Gasteiger partial charge in [-0.1, -0.05) is 6.07 Å². The predicted octanol–water partition coefficient (Wildman–Crippen LogP) is 2.99. The Morgan fingerprint density at radius 1 is 1.25 bits per heavy atom. The van der Waals surface area contributed by atoms with Crippen LogP contribution in [-0.2, 0) is 11.3 Å². The molecule has 1 atom stereocenters. The number of likely N-dealkylation sites (tertiary alicyclic amines) is 1. The lowest BCUT2D eigenvalue weighted by molar-refractivity contribution is 0.0462. The van der Waals surface area contributed by atoms with Crippen molar-refractivity contribution in [3.05, 3.63) is 41.0 Å². The van der Waals surface area contributed by atoms with Crippen LogP contribution >= 0.6 is 11.3 Å². The molecule has 2 aromatic heterocycles. The van der Waals surface area contributed by atoms with E-state index < -0.39 is 0 Å². The van der Waals surface area contributed by atoms with Gasteiger partial charge in [0, 0.05) is 23.8 Å². The fraction of sp³-hybridized carbons (Fsp3) is 0.556. The molecular formula is C18H23N3O2S. The Hall–Kier alpha value is -1.50. The number of ether oxygens (including phenoxy) is 2. The van der Waals surface area contributed by atoms with E-state index in [1.54, 1.807) is 17.5 Å². The highest BCUT2D eigenvalue weighted by molar-refractivity contribution is 7.09. The summed E-state index contributed by atoms with van der Waals surface area (Å²) in [5.41, 5.74) is 0.345. The van der Waals surface area contributed by atoms with Crippen LogP contribution in [0.4, 0.5) is 0 Å². The quantitative estimate of drug-likeness (QED) is 0.834. The summed E-state index contributed by atoms with van der Waals surface area (Å²) in [5.74, 6) is 0.681. The smallest absolute Gasteiger partial charge is 0.213 e. The molecule has 0 aromatic carbocycles. The number of aromatic nitrogens is 2. The molecule has 5 nitrogen and oxygen atoms in total. The molecule has 2 aliphatic rings. The van der Waals surface area contributed by atoms with Crippen LogP contribution in [0.2, 0.25) is 0 Å². The van der Waals surface area contributed by atoms with Gasteiger partial charge in [-0.2, -0.15) is 0 Å². The highest BCUT2D eigenvalue weighted by atomic mass is 32.1. The molecule has 1 unspecified atom stereocenters. The van der Waals surface area contributed by atoms with Gasteiger partial charge < -0.3 is 9.47 Å². The van der Waals surface area contributed by atoms with E-state index in [1.807, 2.05) is 24.4 Å². The lowest BCUT2D eigenvalue weighted by atomic mass is 9.77. The molecular weight excluding hydrogens is 322 g/mol. The van der Waals surface area contributed by atoms with Crippen molar-refractivity contribution in [3.8, 4) is 5.88 Å². The molecule has 6 heteroatoms. The summed E-state index contributed by atoms with van der Waals surface area (Å²) in [6.07, 6.45) is 7.35. The molecule has 0 amide bonds. The summed E-state index contributed by atoms with van der Waals surface area (Å²) in [6.45, 7) is 4.73. The largest absolute Gasteiger partial charge is 0.475 e. The van der Waals surface area contributed by atoms with Gasteiger partial charge in [0.15, 0.2) is 0 Å². The minimum absolute atomic E-state index is 0.192. The summed E-state index contributed by atoms with van der Waals surface area (Å²) < 4.78 is 11.8. The van der Waals surface area contributed by atoms with Gasteiger partial charge in [-0.15, -0.1) is 11.3 Å². The van der Waals surface area contributed by atoms with Crippen LogP contribution in [0, 0.1) is 5.41 Å². The molecule has 24 heavy (non-hydrogen) atoms. The van der Waals surface area contributed by atoms with Gasteiger partial charge in [-0.25, -0.2) is 9.97 Å². The Morgan fingerprint density at radius 3 is 2.92 bits per heavy atom. The predicted molar refractivity (Wildman–Crippen MR) is 93.1 cm³/mol. The van der Waals surface area contributed by atoms with Crippen molar-refractivity contribution in [2.45, 2.75) is 31.9 Å². The van der Waals surface area contributed by atoms with Crippen molar-refractivity contribution in [1.29, 1.82) is 0 Å². The molecule has 2 saturated heterocycles. The van der Waals surface area contributed by atoms with E-state index in [2.05, 4.69) is 20.2 Å². The van der Waals surface area contributed by atoms with Crippen molar-refractivity contribution in [2.24, 2.45) is 5.41 Å². The van der Waals surface area contributed by atoms with Gasteiger partial charge >= 0.3 is 0 Å². The maximum absolute atomic E-state index is 6.03. The topological polar surface area (TPSA) is 47.5 Å². The van der Waals surface area contributed by atoms with E-state index in [4.69, 9.17) is 9.47 Å². The zero-order valence-corrected chi connectivity index (χ0v) is 14.6. The SMILES string of the molecule is c1ccc(OCC2CC3(CCN(Cc4nccs4)CC3)CO2)nc1. The fourth-order valence-corrected chi connectivity index (χ4v) is 4.33. The van der Waals surface area contributed by atoms with Crippen LogP contribution in [-0.4, -0.2) is 47.3 Å². The summed E-state index contributed by atoms with van der Waals surface area (Å²) in [6, 6.07) is 5.73.